The maximum Gasteiger partial charge on any atom is 0.127 e. The minimum absolute atomic E-state index is 0.0627. The van der Waals surface area contributed by atoms with Gasteiger partial charge in [0.2, 0.25) is 0 Å². The number of benzene rings is 1. The smallest absolute Gasteiger partial charge is 0.127 e. The minimum atomic E-state index is -0.0627. The highest BCUT2D eigenvalue weighted by Crippen LogP contribution is 2.36. The van der Waals surface area contributed by atoms with Crippen LogP contribution in [-0.2, 0) is 7.05 Å². The van der Waals surface area contributed by atoms with E-state index < -0.39 is 0 Å². The Hall–Kier alpha value is -2.01. The van der Waals surface area contributed by atoms with E-state index in [-0.39, 0.29) is 6.04 Å². The highest BCUT2D eigenvalue weighted by Gasteiger charge is 2.23. The van der Waals surface area contributed by atoms with E-state index in [1.165, 1.54) is 0 Å². The second kappa shape index (κ2) is 6.43. The number of nitrogens with zero attached hydrogens (tertiary/aromatic N) is 2. The second-order valence-corrected chi connectivity index (χ2v) is 4.48. The minimum Gasteiger partial charge on any atom is -0.496 e. The molecule has 1 heterocycles. The van der Waals surface area contributed by atoms with E-state index in [4.69, 9.17) is 9.47 Å². The average Bonchev–Trinajstić information content (AvgIpc) is 2.90. The van der Waals surface area contributed by atoms with E-state index in [0.717, 1.165) is 29.3 Å². The zero-order valence-corrected chi connectivity index (χ0v) is 12.4. The van der Waals surface area contributed by atoms with Crippen molar-refractivity contribution in [2.45, 2.75) is 13.0 Å². The highest BCUT2D eigenvalue weighted by atomic mass is 16.5. The monoisotopic (exact) mass is 275 g/mol. The predicted molar refractivity (Wildman–Crippen MR) is 78.3 cm³/mol. The molecule has 0 bridgehead atoms. The van der Waals surface area contributed by atoms with E-state index in [9.17, 15) is 0 Å². The summed E-state index contributed by atoms with van der Waals surface area (Å²) in [5, 5.41) is 7.94. The second-order valence-electron chi connectivity index (χ2n) is 4.48. The van der Waals surface area contributed by atoms with Crippen LogP contribution in [0.15, 0.2) is 30.5 Å². The van der Waals surface area contributed by atoms with Gasteiger partial charge in [-0.05, 0) is 24.7 Å². The van der Waals surface area contributed by atoms with Crippen molar-refractivity contribution in [1.82, 2.24) is 15.1 Å². The van der Waals surface area contributed by atoms with Gasteiger partial charge in [-0.1, -0.05) is 13.0 Å². The predicted octanol–water partition coefficient (Wildman–Crippen LogP) is 2.14. The number of rotatable bonds is 6. The topological polar surface area (TPSA) is 48.3 Å². The van der Waals surface area contributed by atoms with E-state index in [0.29, 0.717) is 0 Å². The van der Waals surface area contributed by atoms with Crippen LogP contribution < -0.4 is 14.8 Å². The molecule has 0 saturated heterocycles. The number of aryl methyl sites for hydroxylation is 1. The van der Waals surface area contributed by atoms with Crippen LogP contribution in [0.1, 0.15) is 24.2 Å². The van der Waals surface area contributed by atoms with Gasteiger partial charge in [0.05, 0.1) is 31.5 Å². The molecule has 1 N–H and O–H groups in total. The van der Waals surface area contributed by atoms with Gasteiger partial charge in [-0.15, -0.1) is 0 Å². The van der Waals surface area contributed by atoms with Crippen LogP contribution in [-0.4, -0.2) is 30.5 Å². The van der Waals surface area contributed by atoms with Gasteiger partial charge in [-0.25, -0.2) is 0 Å². The molecule has 1 aromatic heterocycles. The third-order valence-corrected chi connectivity index (χ3v) is 3.19. The van der Waals surface area contributed by atoms with Gasteiger partial charge in [-0.2, -0.15) is 5.10 Å². The molecule has 20 heavy (non-hydrogen) atoms. The van der Waals surface area contributed by atoms with Crippen LogP contribution in [0.3, 0.4) is 0 Å². The normalized spacial score (nSPS) is 12.2. The van der Waals surface area contributed by atoms with Crippen molar-refractivity contribution in [2.24, 2.45) is 7.05 Å². The number of aromatic nitrogens is 2. The van der Waals surface area contributed by atoms with Crippen molar-refractivity contribution in [1.29, 1.82) is 0 Å². The summed E-state index contributed by atoms with van der Waals surface area (Å²) in [6.45, 7) is 2.89. The molecule has 1 aromatic carbocycles. The van der Waals surface area contributed by atoms with Crippen LogP contribution in [0.25, 0.3) is 0 Å². The van der Waals surface area contributed by atoms with Crippen molar-refractivity contribution in [3.05, 3.63) is 41.7 Å². The fourth-order valence-corrected chi connectivity index (χ4v) is 2.31. The Morgan fingerprint density at radius 3 is 2.30 bits per heavy atom. The molecule has 0 saturated carbocycles. The lowest BCUT2D eigenvalue weighted by molar-refractivity contribution is 0.376. The first-order valence-corrected chi connectivity index (χ1v) is 6.65. The molecule has 0 radical (unpaired) electrons. The van der Waals surface area contributed by atoms with Gasteiger partial charge in [-0.3, -0.25) is 4.68 Å². The van der Waals surface area contributed by atoms with Crippen molar-refractivity contribution < 1.29 is 9.47 Å². The molecule has 0 aliphatic carbocycles. The summed E-state index contributed by atoms with van der Waals surface area (Å²) in [5.74, 6) is 1.59. The third kappa shape index (κ3) is 2.77. The fraction of sp³-hybridized carbons (Fsp3) is 0.400. The number of ether oxygens (including phenoxy) is 2. The molecule has 0 fully saturated rings. The lowest BCUT2D eigenvalue weighted by Crippen LogP contribution is -2.23. The Morgan fingerprint density at radius 1 is 1.20 bits per heavy atom. The molecule has 1 unspecified atom stereocenters. The van der Waals surface area contributed by atoms with Gasteiger partial charge in [0.25, 0.3) is 0 Å². The Bertz CT molecular complexity index is 544. The molecule has 2 rings (SSSR count). The van der Waals surface area contributed by atoms with Gasteiger partial charge < -0.3 is 14.8 Å². The van der Waals surface area contributed by atoms with Crippen LogP contribution in [0.2, 0.25) is 0 Å². The summed E-state index contributed by atoms with van der Waals surface area (Å²) < 4.78 is 12.8. The van der Waals surface area contributed by atoms with Crippen LogP contribution >= 0.6 is 0 Å². The summed E-state index contributed by atoms with van der Waals surface area (Å²) >= 11 is 0. The first-order chi connectivity index (χ1) is 9.71. The van der Waals surface area contributed by atoms with E-state index in [2.05, 4.69) is 17.3 Å². The molecule has 5 heteroatoms. The highest BCUT2D eigenvalue weighted by molar-refractivity contribution is 5.49. The third-order valence-electron chi connectivity index (χ3n) is 3.19. The van der Waals surface area contributed by atoms with Crippen LogP contribution in [0.4, 0.5) is 0 Å². The summed E-state index contributed by atoms with van der Waals surface area (Å²) in [6, 6.07) is 7.73. The number of methoxy groups -OCH3 is 2. The van der Waals surface area contributed by atoms with Gasteiger partial charge in [0.1, 0.15) is 11.5 Å². The molecule has 0 aliphatic heterocycles. The lowest BCUT2D eigenvalue weighted by Gasteiger charge is -2.21. The van der Waals surface area contributed by atoms with Crippen LogP contribution in [0, 0.1) is 0 Å². The maximum atomic E-state index is 5.49. The number of hydrogen-bond donors (Lipinski definition) is 1. The van der Waals surface area contributed by atoms with Crippen molar-refractivity contribution in [2.75, 3.05) is 20.8 Å². The zero-order valence-electron chi connectivity index (χ0n) is 12.4. The average molecular weight is 275 g/mol. The van der Waals surface area contributed by atoms with E-state index in [1.54, 1.807) is 18.9 Å². The molecule has 0 aliphatic rings. The van der Waals surface area contributed by atoms with Crippen LogP contribution in [0.5, 0.6) is 11.5 Å². The molecule has 108 valence electrons. The molecule has 1 atom stereocenters. The first kappa shape index (κ1) is 14.4. The Balaban J connectivity index is 2.53. The maximum absolute atomic E-state index is 5.49. The van der Waals surface area contributed by atoms with Crippen molar-refractivity contribution in [3.63, 3.8) is 0 Å². The molecular formula is C15H21N3O2. The zero-order chi connectivity index (χ0) is 14.5. The Labute approximate surface area is 119 Å². The molecular weight excluding hydrogens is 254 g/mol. The molecule has 0 amide bonds. The van der Waals surface area contributed by atoms with Crippen molar-refractivity contribution in [3.8, 4) is 11.5 Å². The molecule has 2 aromatic rings. The van der Waals surface area contributed by atoms with Crippen molar-refractivity contribution >= 4 is 0 Å². The number of nitrogens with one attached hydrogen (secondary N) is 1. The fourth-order valence-electron chi connectivity index (χ4n) is 2.31. The first-order valence-electron chi connectivity index (χ1n) is 6.65. The quantitative estimate of drug-likeness (QED) is 0.877. The van der Waals surface area contributed by atoms with E-state index in [1.807, 2.05) is 37.5 Å². The van der Waals surface area contributed by atoms with Gasteiger partial charge >= 0.3 is 0 Å². The standard InChI is InChI=1S/C15H21N3O2/c1-5-16-15(11-9-10-18(2)17-11)14-12(19-3)7-6-8-13(14)20-4/h6-10,15-16H,5H2,1-4H3. The Kier molecular flexibility index (Phi) is 4.63. The molecule has 5 nitrogen and oxygen atoms in total. The largest absolute Gasteiger partial charge is 0.496 e. The van der Waals surface area contributed by atoms with E-state index >= 15 is 0 Å². The number of hydrogen-bond acceptors (Lipinski definition) is 4. The van der Waals surface area contributed by atoms with Gasteiger partial charge in [0, 0.05) is 13.2 Å². The van der Waals surface area contributed by atoms with Gasteiger partial charge in [0.15, 0.2) is 0 Å². The summed E-state index contributed by atoms with van der Waals surface area (Å²) in [6.07, 6.45) is 1.93. The Morgan fingerprint density at radius 2 is 1.85 bits per heavy atom. The summed E-state index contributed by atoms with van der Waals surface area (Å²) in [7, 11) is 5.24. The lowest BCUT2D eigenvalue weighted by atomic mass is 10.0. The SMILES string of the molecule is CCNC(c1ccn(C)n1)c1c(OC)cccc1OC. The summed E-state index contributed by atoms with van der Waals surface area (Å²) in [4.78, 5) is 0. The summed E-state index contributed by atoms with van der Waals surface area (Å²) in [5.41, 5.74) is 1.91. The molecule has 0 spiro atoms.